The van der Waals surface area contributed by atoms with Gasteiger partial charge < -0.3 is 9.47 Å². The van der Waals surface area contributed by atoms with E-state index < -0.39 is 0 Å². The highest BCUT2D eigenvalue weighted by atomic mass is 16.5. The van der Waals surface area contributed by atoms with Crippen molar-refractivity contribution in [3.63, 3.8) is 0 Å². The van der Waals surface area contributed by atoms with Gasteiger partial charge in [-0.3, -0.25) is 0 Å². The molecule has 2 rings (SSSR count). The monoisotopic (exact) mass is 168 g/mol. The Kier molecular flexibility index (Phi) is 2.67. The molecule has 0 saturated carbocycles. The van der Waals surface area contributed by atoms with Gasteiger partial charge in [0.15, 0.2) is 0 Å². The first-order chi connectivity index (χ1) is 5.97. The molecule has 1 saturated heterocycles. The van der Waals surface area contributed by atoms with Gasteiger partial charge in [0.05, 0.1) is 12.4 Å². The molecule has 0 N–H and O–H groups in total. The zero-order valence-corrected chi connectivity index (χ0v) is 7.37. The van der Waals surface area contributed by atoms with Crippen LogP contribution >= 0.6 is 0 Å². The average molecular weight is 168 g/mol. The van der Waals surface area contributed by atoms with Crippen LogP contribution in [0.1, 0.15) is 32.1 Å². The summed E-state index contributed by atoms with van der Waals surface area (Å²) in [6.45, 7) is 0.925. The molecular weight excluding hydrogens is 152 g/mol. The van der Waals surface area contributed by atoms with Crippen LogP contribution in [0.15, 0.2) is 12.3 Å². The summed E-state index contributed by atoms with van der Waals surface area (Å²) in [5.74, 6) is 0. The number of allylic oxidation sites excluding steroid dienone is 1. The fourth-order valence-electron chi connectivity index (χ4n) is 1.90. The van der Waals surface area contributed by atoms with E-state index in [2.05, 4.69) is 6.08 Å². The lowest BCUT2D eigenvalue weighted by atomic mass is 9.99. The van der Waals surface area contributed by atoms with E-state index in [0.29, 0.717) is 12.2 Å². The fourth-order valence-corrected chi connectivity index (χ4v) is 1.90. The van der Waals surface area contributed by atoms with E-state index in [-0.39, 0.29) is 0 Å². The molecule has 0 radical (unpaired) electrons. The van der Waals surface area contributed by atoms with Gasteiger partial charge in [0.2, 0.25) is 0 Å². The number of hydrogen-bond acceptors (Lipinski definition) is 2. The van der Waals surface area contributed by atoms with E-state index in [0.717, 1.165) is 32.3 Å². The van der Waals surface area contributed by atoms with Crippen molar-refractivity contribution in [3.05, 3.63) is 12.3 Å². The first-order valence-corrected chi connectivity index (χ1v) is 4.89. The standard InChI is InChI=1S/C10H16O2/c1-2-5-9-10(11-7-3-1)6-4-8-12-9/h3,7,9-10H,1-2,4-6,8H2/b7-3-/t9-,10+/m0/s1. The third-order valence-electron chi connectivity index (χ3n) is 2.59. The summed E-state index contributed by atoms with van der Waals surface area (Å²) in [5, 5.41) is 0. The Hall–Kier alpha value is -0.500. The molecule has 0 amide bonds. The van der Waals surface area contributed by atoms with Gasteiger partial charge in [-0.15, -0.1) is 0 Å². The van der Waals surface area contributed by atoms with Gasteiger partial charge >= 0.3 is 0 Å². The predicted molar refractivity (Wildman–Crippen MR) is 46.8 cm³/mol. The van der Waals surface area contributed by atoms with Crippen molar-refractivity contribution in [3.8, 4) is 0 Å². The molecule has 2 atom stereocenters. The highest BCUT2D eigenvalue weighted by Gasteiger charge is 2.26. The largest absolute Gasteiger partial charge is 0.496 e. The first-order valence-electron chi connectivity index (χ1n) is 4.89. The molecule has 0 aromatic carbocycles. The third kappa shape index (κ3) is 1.81. The molecule has 2 heteroatoms. The van der Waals surface area contributed by atoms with E-state index in [9.17, 15) is 0 Å². The van der Waals surface area contributed by atoms with Crippen LogP contribution in [0.25, 0.3) is 0 Å². The summed E-state index contributed by atoms with van der Waals surface area (Å²) < 4.78 is 11.2. The van der Waals surface area contributed by atoms with Crippen LogP contribution in [0.3, 0.4) is 0 Å². The van der Waals surface area contributed by atoms with Crippen molar-refractivity contribution in [1.82, 2.24) is 0 Å². The van der Waals surface area contributed by atoms with Crippen molar-refractivity contribution < 1.29 is 9.47 Å². The highest BCUT2D eigenvalue weighted by Crippen LogP contribution is 2.23. The quantitative estimate of drug-likeness (QED) is 0.552. The summed E-state index contributed by atoms with van der Waals surface area (Å²) in [6, 6.07) is 0. The smallest absolute Gasteiger partial charge is 0.124 e. The topological polar surface area (TPSA) is 18.5 Å². The minimum absolute atomic E-state index is 0.329. The summed E-state index contributed by atoms with van der Waals surface area (Å²) in [4.78, 5) is 0. The molecule has 2 heterocycles. The van der Waals surface area contributed by atoms with Crippen LogP contribution in [0, 0.1) is 0 Å². The minimum Gasteiger partial charge on any atom is -0.496 e. The van der Waals surface area contributed by atoms with Crippen molar-refractivity contribution in [2.45, 2.75) is 44.3 Å². The van der Waals surface area contributed by atoms with E-state index in [1.165, 1.54) is 6.42 Å². The van der Waals surface area contributed by atoms with Gasteiger partial charge in [-0.25, -0.2) is 0 Å². The SMILES string of the molecule is C1=C\O[C@@H]2CCCO[C@H]2CCC/1. The Morgan fingerprint density at radius 2 is 2.00 bits per heavy atom. The van der Waals surface area contributed by atoms with Crippen molar-refractivity contribution >= 4 is 0 Å². The van der Waals surface area contributed by atoms with Crippen LogP contribution in [0.4, 0.5) is 0 Å². The third-order valence-corrected chi connectivity index (χ3v) is 2.59. The Morgan fingerprint density at radius 1 is 1.08 bits per heavy atom. The second-order valence-electron chi connectivity index (χ2n) is 3.53. The van der Waals surface area contributed by atoms with E-state index in [1.807, 2.05) is 6.26 Å². The number of ether oxygens (including phenoxy) is 2. The van der Waals surface area contributed by atoms with Gasteiger partial charge in [0.1, 0.15) is 6.10 Å². The highest BCUT2D eigenvalue weighted by molar-refractivity contribution is 4.84. The summed E-state index contributed by atoms with van der Waals surface area (Å²) in [5.41, 5.74) is 0. The van der Waals surface area contributed by atoms with Crippen molar-refractivity contribution in [2.75, 3.05) is 6.61 Å². The van der Waals surface area contributed by atoms with E-state index in [4.69, 9.17) is 9.47 Å². The maximum Gasteiger partial charge on any atom is 0.124 e. The number of fused-ring (bicyclic) bond motifs is 1. The van der Waals surface area contributed by atoms with Crippen LogP contribution in [-0.4, -0.2) is 18.8 Å². The van der Waals surface area contributed by atoms with Gasteiger partial charge in [0, 0.05) is 6.61 Å². The summed E-state index contributed by atoms with van der Waals surface area (Å²) in [6.07, 6.45) is 10.5. The maximum absolute atomic E-state index is 5.66. The Balaban J connectivity index is 1.97. The van der Waals surface area contributed by atoms with Crippen LogP contribution in [0.2, 0.25) is 0 Å². The first kappa shape index (κ1) is 8.11. The molecule has 12 heavy (non-hydrogen) atoms. The lowest BCUT2D eigenvalue weighted by molar-refractivity contribution is -0.0840. The summed E-state index contributed by atoms with van der Waals surface area (Å²) in [7, 11) is 0. The second kappa shape index (κ2) is 3.94. The van der Waals surface area contributed by atoms with Gasteiger partial charge in [-0.05, 0) is 38.2 Å². The molecule has 0 aromatic rings. The molecule has 2 aliphatic heterocycles. The zero-order valence-electron chi connectivity index (χ0n) is 7.37. The van der Waals surface area contributed by atoms with Crippen LogP contribution < -0.4 is 0 Å². The molecule has 0 unspecified atom stereocenters. The maximum atomic E-state index is 5.66. The Labute approximate surface area is 73.5 Å². The van der Waals surface area contributed by atoms with Crippen molar-refractivity contribution in [1.29, 1.82) is 0 Å². The Bertz CT molecular complexity index is 165. The second-order valence-corrected chi connectivity index (χ2v) is 3.53. The molecule has 2 aliphatic rings. The van der Waals surface area contributed by atoms with Gasteiger partial charge in [0.25, 0.3) is 0 Å². The minimum atomic E-state index is 0.329. The summed E-state index contributed by atoms with van der Waals surface area (Å²) >= 11 is 0. The molecular formula is C10H16O2. The lowest BCUT2D eigenvalue weighted by Crippen LogP contribution is -2.35. The van der Waals surface area contributed by atoms with Crippen molar-refractivity contribution in [2.24, 2.45) is 0 Å². The Morgan fingerprint density at radius 3 is 3.00 bits per heavy atom. The average Bonchev–Trinajstić information content (AvgIpc) is 2.06. The molecule has 0 bridgehead atoms. The molecule has 0 spiro atoms. The molecule has 2 nitrogen and oxygen atoms in total. The van der Waals surface area contributed by atoms with E-state index >= 15 is 0 Å². The zero-order chi connectivity index (χ0) is 8.23. The number of rotatable bonds is 0. The molecule has 1 fully saturated rings. The van der Waals surface area contributed by atoms with Crippen LogP contribution in [-0.2, 0) is 9.47 Å². The molecule has 0 aliphatic carbocycles. The normalized spacial score (nSPS) is 38.7. The van der Waals surface area contributed by atoms with Crippen LogP contribution in [0.5, 0.6) is 0 Å². The fraction of sp³-hybridized carbons (Fsp3) is 0.800. The lowest BCUT2D eigenvalue weighted by Gasteiger charge is -2.31. The molecule has 68 valence electrons. The number of hydrogen-bond donors (Lipinski definition) is 0. The predicted octanol–water partition coefficient (Wildman–Crippen LogP) is 2.25. The van der Waals surface area contributed by atoms with Gasteiger partial charge in [-0.2, -0.15) is 0 Å². The molecule has 0 aromatic heterocycles. The van der Waals surface area contributed by atoms with Gasteiger partial charge in [-0.1, -0.05) is 0 Å². The van der Waals surface area contributed by atoms with E-state index in [1.54, 1.807) is 0 Å².